The molecule has 0 aliphatic heterocycles. The van der Waals surface area contributed by atoms with Crippen molar-refractivity contribution in [2.45, 2.75) is 58.0 Å². The van der Waals surface area contributed by atoms with E-state index in [0.29, 0.717) is 17.8 Å². The van der Waals surface area contributed by atoms with E-state index in [1.165, 1.54) is 24.0 Å². The summed E-state index contributed by atoms with van der Waals surface area (Å²) in [6, 6.07) is 20.9. The molecular formula is C26H32O2. The van der Waals surface area contributed by atoms with E-state index in [9.17, 15) is 4.79 Å². The van der Waals surface area contributed by atoms with Crippen LogP contribution in [-0.4, -0.2) is 12.1 Å². The summed E-state index contributed by atoms with van der Waals surface area (Å²) in [6.07, 6.45) is 3.50. The van der Waals surface area contributed by atoms with Gasteiger partial charge in [-0.1, -0.05) is 87.9 Å². The zero-order chi connectivity index (χ0) is 19.7. The molecule has 2 heteroatoms. The van der Waals surface area contributed by atoms with Gasteiger partial charge in [-0.15, -0.1) is 0 Å². The van der Waals surface area contributed by atoms with Gasteiger partial charge >= 0.3 is 5.97 Å². The van der Waals surface area contributed by atoms with Gasteiger partial charge in [-0.25, -0.2) is 0 Å². The number of benzene rings is 2. The van der Waals surface area contributed by atoms with Crippen LogP contribution in [0.1, 0.15) is 63.0 Å². The molecule has 0 aromatic heterocycles. The molecule has 1 unspecified atom stereocenters. The van der Waals surface area contributed by atoms with Crippen molar-refractivity contribution in [3.63, 3.8) is 0 Å². The Hall–Kier alpha value is -2.09. The fourth-order valence-electron chi connectivity index (χ4n) is 5.26. The molecule has 28 heavy (non-hydrogen) atoms. The average molecular weight is 377 g/mol. The molecule has 0 N–H and O–H groups in total. The number of hydrogen-bond acceptors (Lipinski definition) is 2. The first kappa shape index (κ1) is 19.2. The zero-order valence-electron chi connectivity index (χ0n) is 17.3. The Labute approximate surface area is 169 Å². The third-order valence-electron chi connectivity index (χ3n) is 6.89. The van der Waals surface area contributed by atoms with Crippen LogP contribution in [0.5, 0.6) is 0 Å². The lowest BCUT2D eigenvalue weighted by molar-refractivity contribution is -0.157. The van der Waals surface area contributed by atoms with Crippen molar-refractivity contribution in [1.82, 2.24) is 0 Å². The van der Waals surface area contributed by atoms with E-state index in [4.69, 9.17) is 4.74 Å². The van der Waals surface area contributed by atoms with E-state index in [1.54, 1.807) is 0 Å². The van der Waals surface area contributed by atoms with Crippen LogP contribution in [0.3, 0.4) is 0 Å². The predicted molar refractivity (Wildman–Crippen MR) is 113 cm³/mol. The van der Waals surface area contributed by atoms with Gasteiger partial charge in [0.05, 0.1) is 5.92 Å². The maximum Gasteiger partial charge on any atom is 0.310 e. The first-order chi connectivity index (χ1) is 13.6. The monoisotopic (exact) mass is 376 g/mol. The summed E-state index contributed by atoms with van der Waals surface area (Å²) in [5.74, 6) is 2.09. The number of hydrogen-bond donors (Lipinski definition) is 0. The molecule has 6 atom stereocenters. The molecular weight excluding hydrogens is 344 g/mol. The van der Waals surface area contributed by atoms with Crippen molar-refractivity contribution in [1.29, 1.82) is 0 Å². The van der Waals surface area contributed by atoms with E-state index in [-0.39, 0.29) is 29.8 Å². The molecule has 2 saturated carbocycles. The molecule has 0 amide bonds. The van der Waals surface area contributed by atoms with Gasteiger partial charge in [0.2, 0.25) is 0 Å². The van der Waals surface area contributed by atoms with E-state index >= 15 is 0 Å². The number of carbonyl (C=O) groups is 1. The quantitative estimate of drug-likeness (QED) is 0.582. The highest BCUT2D eigenvalue weighted by Gasteiger charge is 2.57. The van der Waals surface area contributed by atoms with Crippen LogP contribution >= 0.6 is 0 Å². The molecule has 2 aliphatic rings. The molecule has 2 fully saturated rings. The number of carbonyl (C=O) groups excluding carboxylic acids is 1. The van der Waals surface area contributed by atoms with Gasteiger partial charge in [0.15, 0.2) is 0 Å². The third kappa shape index (κ3) is 3.87. The molecule has 2 nitrogen and oxygen atoms in total. The molecule has 2 aliphatic carbocycles. The first-order valence-electron chi connectivity index (χ1n) is 10.9. The van der Waals surface area contributed by atoms with Crippen LogP contribution in [0.15, 0.2) is 60.7 Å². The summed E-state index contributed by atoms with van der Waals surface area (Å²) >= 11 is 0. The summed E-state index contributed by atoms with van der Waals surface area (Å²) in [4.78, 5) is 13.3. The van der Waals surface area contributed by atoms with E-state index in [1.807, 2.05) is 12.1 Å². The lowest BCUT2D eigenvalue weighted by atomic mass is 9.75. The van der Waals surface area contributed by atoms with Crippen LogP contribution in [0.2, 0.25) is 0 Å². The predicted octanol–water partition coefficient (Wildman–Crippen LogP) is 6.19. The fraction of sp³-hybridized carbons (Fsp3) is 0.500. The fourth-order valence-corrected chi connectivity index (χ4v) is 5.26. The summed E-state index contributed by atoms with van der Waals surface area (Å²) in [6.45, 7) is 6.81. The van der Waals surface area contributed by atoms with Gasteiger partial charge < -0.3 is 4.74 Å². The van der Waals surface area contributed by atoms with Gasteiger partial charge in [0, 0.05) is 11.8 Å². The van der Waals surface area contributed by atoms with Gasteiger partial charge in [-0.3, -0.25) is 4.79 Å². The van der Waals surface area contributed by atoms with Crippen LogP contribution in [0.25, 0.3) is 0 Å². The maximum atomic E-state index is 13.3. The highest BCUT2D eigenvalue weighted by molar-refractivity contribution is 5.80. The Balaban J connectivity index is 1.54. The van der Waals surface area contributed by atoms with Crippen molar-refractivity contribution in [3.8, 4) is 0 Å². The standard InChI is InChI=1S/C26H32O2/c1-17(2)21-15-14-18(3)16-22(21)28-26(27)25-23(19-10-6-4-7-11-19)24(25)20-12-8-5-9-13-20/h4-13,17-18,21-25H,14-16H2,1-3H3/t18-,21+,22-,23-,24+,25?/m1/s1. The van der Waals surface area contributed by atoms with Crippen molar-refractivity contribution in [2.24, 2.45) is 23.7 Å². The smallest absolute Gasteiger partial charge is 0.310 e. The highest BCUT2D eigenvalue weighted by atomic mass is 16.5. The number of esters is 1. The summed E-state index contributed by atoms with van der Waals surface area (Å²) in [5, 5.41) is 0. The molecule has 0 bridgehead atoms. The lowest BCUT2D eigenvalue weighted by Gasteiger charge is -2.36. The Kier molecular flexibility index (Phi) is 5.57. The maximum absolute atomic E-state index is 13.3. The van der Waals surface area contributed by atoms with Crippen LogP contribution in [0, 0.1) is 23.7 Å². The third-order valence-corrected chi connectivity index (χ3v) is 6.89. The van der Waals surface area contributed by atoms with Crippen molar-refractivity contribution < 1.29 is 9.53 Å². The Morgan fingerprint density at radius 3 is 1.93 bits per heavy atom. The topological polar surface area (TPSA) is 26.3 Å². The van der Waals surface area contributed by atoms with Gasteiger partial charge in [0.1, 0.15) is 6.10 Å². The molecule has 2 aromatic carbocycles. The summed E-state index contributed by atoms with van der Waals surface area (Å²) < 4.78 is 6.22. The van der Waals surface area contributed by atoms with Crippen molar-refractivity contribution >= 4 is 5.97 Å². The lowest BCUT2D eigenvalue weighted by Crippen LogP contribution is -2.36. The molecule has 4 rings (SSSR count). The van der Waals surface area contributed by atoms with E-state index < -0.39 is 0 Å². The Morgan fingerprint density at radius 1 is 0.893 bits per heavy atom. The normalized spacial score (nSPS) is 32.1. The molecule has 0 spiro atoms. The van der Waals surface area contributed by atoms with E-state index in [0.717, 1.165) is 6.42 Å². The van der Waals surface area contributed by atoms with Crippen LogP contribution in [-0.2, 0) is 9.53 Å². The molecule has 0 radical (unpaired) electrons. The van der Waals surface area contributed by atoms with Crippen LogP contribution in [0.4, 0.5) is 0 Å². The minimum Gasteiger partial charge on any atom is -0.462 e. The zero-order valence-corrected chi connectivity index (χ0v) is 17.3. The second kappa shape index (κ2) is 8.11. The second-order valence-electron chi connectivity index (χ2n) is 9.20. The van der Waals surface area contributed by atoms with Gasteiger partial charge in [0.25, 0.3) is 0 Å². The van der Waals surface area contributed by atoms with Crippen molar-refractivity contribution in [3.05, 3.63) is 71.8 Å². The molecule has 148 valence electrons. The van der Waals surface area contributed by atoms with Gasteiger partial charge in [-0.05, 0) is 41.7 Å². The molecule has 2 aromatic rings. The minimum atomic E-state index is -0.0603. The Morgan fingerprint density at radius 2 is 1.43 bits per heavy atom. The Bertz CT molecular complexity index is 737. The minimum absolute atomic E-state index is 0.00690. The SMILES string of the molecule is CC(C)[C@@H]1CC[C@@H](C)C[C@H]1OC(=O)C1[C@@H](c2ccccc2)[C@H]1c1ccccc1. The molecule has 0 heterocycles. The van der Waals surface area contributed by atoms with E-state index in [2.05, 4.69) is 69.3 Å². The van der Waals surface area contributed by atoms with Crippen molar-refractivity contribution in [2.75, 3.05) is 0 Å². The first-order valence-corrected chi connectivity index (χ1v) is 10.9. The largest absolute Gasteiger partial charge is 0.462 e. The highest BCUT2D eigenvalue weighted by Crippen LogP contribution is 2.61. The van der Waals surface area contributed by atoms with Gasteiger partial charge in [-0.2, -0.15) is 0 Å². The summed E-state index contributed by atoms with van der Waals surface area (Å²) in [5.41, 5.74) is 2.49. The second-order valence-corrected chi connectivity index (χ2v) is 9.20. The van der Waals surface area contributed by atoms with Crippen LogP contribution < -0.4 is 0 Å². The molecule has 0 saturated heterocycles. The number of ether oxygens (including phenoxy) is 1. The number of rotatable bonds is 5. The average Bonchev–Trinajstić information content (AvgIpc) is 3.45. The summed E-state index contributed by atoms with van der Waals surface area (Å²) in [7, 11) is 0.